The fourth-order valence-electron chi connectivity index (χ4n) is 4.59. The van der Waals surface area contributed by atoms with E-state index >= 15 is 0 Å². The quantitative estimate of drug-likeness (QED) is 0.410. The average Bonchev–Trinajstić information content (AvgIpc) is 3.28. The molecule has 0 fully saturated rings. The third-order valence-electron chi connectivity index (χ3n) is 6.82. The summed E-state index contributed by atoms with van der Waals surface area (Å²) in [6, 6.07) is 11.9. The van der Waals surface area contributed by atoms with Gasteiger partial charge in [-0.15, -0.1) is 11.3 Å². The Balaban J connectivity index is 1.73. The number of carbonyl (C=O) groups is 1. The lowest BCUT2D eigenvalue weighted by molar-refractivity contribution is 0.0697. The minimum absolute atomic E-state index is 0.157. The lowest BCUT2D eigenvalue weighted by atomic mass is 9.62. The summed E-state index contributed by atoms with van der Waals surface area (Å²) < 4.78 is 0. The molecule has 32 heavy (non-hydrogen) atoms. The Morgan fingerprint density at radius 2 is 1.66 bits per heavy atom. The lowest BCUT2D eigenvalue weighted by Gasteiger charge is -2.42. The predicted molar refractivity (Wildman–Crippen MR) is 134 cm³/mol. The van der Waals surface area contributed by atoms with E-state index in [1.807, 2.05) is 23.7 Å². The Morgan fingerprint density at radius 3 is 2.25 bits per heavy atom. The Kier molecular flexibility index (Phi) is 6.09. The van der Waals surface area contributed by atoms with Gasteiger partial charge in [0.15, 0.2) is 0 Å². The fraction of sp³-hybridized carbons (Fsp3) is 0.357. The van der Waals surface area contributed by atoms with Crippen LogP contribution in [0.4, 0.5) is 0 Å². The summed E-state index contributed by atoms with van der Waals surface area (Å²) in [5.74, 6) is -0.899. The maximum atomic E-state index is 11.1. The van der Waals surface area contributed by atoms with Crippen molar-refractivity contribution in [2.45, 2.75) is 64.2 Å². The van der Waals surface area contributed by atoms with Crippen molar-refractivity contribution in [1.82, 2.24) is 4.98 Å². The average molecular weight is 446 g/mol. The van der Waals surface area contributed by atoms with Crippen LogP contribution in [0.25, 0.3) is 12.2 Å². The smallest absolute Gasteiger partial charge is 0.335 e. The van der Waals surface area contributed by atoms with Crippen molar-refractivity contribution in [3.05, 3.63) is 86.4 Å². The standard InChI is InChI=1S/C28H31NO2S/c1-27(2)13-14-28(3,4)24-18-22(11-12-25-29-15-16-32-25)21(17-23(24)27)10-7-19-5-8-20(9-6-19)26(30)31/h5-10,15-18H,11-14H2,1-4H3,(H,30,31)/b10-7+. The van der Waals surface area contributed by atoms with E-state index in [0.717, 1.165) is 18.4 Å². The molecule has 1 N–H and O–H groups in total. The van der Waals surface area contributed by atoms with E-state index in [9.17, 15) is 4.79 Å². The van der Waals surface area contributed by atoms with Crippen molar-refractivity contribution in [3.63, 3.8) is 0 Å². The zero-order valence-corrected chi connectivity index (χ0v) is 20.1. The fourth-order valence-corrected chi connectivity index (χ4v) is 5.21. The normalized spacial score (nSPS) is 16.8. The van der Waals surface area contributed by atoms with E-state index < -0.39 is 5.97 Å². The highest BCUT2D eigenvalue weighted by Crippen LogP contribution is 2.46. The first-order chi connectivity index (χ1) is 15.2. The molecule has 1 aliphatic rings. The molecule has 2 aromatic carbocycles. The van der Waals surface area contributed by atoms with Crippen LogP contribution in [0.5, 0.6) is 0 Å². The molecule has 0 aliphatic heterocycles. The molecule has 0 amide bonds. The number of carboxylic acids is 1. The number of thiazole rings is 1. The van der Waals surface area contributed by atoms with Gasteiger partial charge in [-0.05, 0) is 70.0 Å². The topological polar surface area (TPSA) is 50.2 Å². The van der Waals surface area contributed by atoms with Crippen LogP contribution in [-0.4, -0.2) is 16.1 Å². The van der Waals surface area contributed by atoms with Gasteiger partial charge < -0.3 is 5.11 Å². The van der Waals surface area contributed by atoms with Gasteiger partial charge in [-0.2, -0.15) is 0 Å². The van der Waals surface area contributed by atoms with Gasteiger partial charge in [-0.3, -0.25) is 0 Å². The monoisotopic (exact) mass is 445 g/mol. The summed E-state index contributed by atoms with van der Waals surface area (Å²) >= 11 is 1.71. The molecule has 166 valence electrons. The zero-order chi connectivity index (χ0) is 22.9. The highest BCUT2D eigenvalue weighted by atomic mass is 32.1. The Labute approximate surface area is 194 Å². The van der Waals surface area contributed by atoms with E-state index in [4.69, 9.17) is 5.11 Å². The molecule has 0 unspecified atom stereocenters. The van der Waals surface area contributed by atoms with E-state index in [0.29, 0.717) is 5.56 Å². The molecule has 0 saturated heterocycles. The number of fused-ring (bicyclic) bond motifs is 1. The number of carboxylic acid groups (broad SMARTS) is 1. The number of hydrogen-bond donors (Lipinski definition) is 1. The van der Waals surface area contributed by atoms with Crippen LogP contribution in [-0.2, 0) is 23.7 Å². The molecule has 1 aromatic heterocycles. The van der Waals surface area contributed by atoms with Crippen LogP contribution in [0.1, 0.15) is 83.7 Å². The Hall–Kier alpha value is -2.72. The summed E-state index contributed by atoms with van der Waals surface area (Å²) in [5.41, 5.74) is 7.16. The SMILES string of the molecule is CC1(C)CCC(C)(C)c2cc(CCc3nccs3)c(/C=C/c3ccc(C(=O)O)cc3)cc21. The summed E-state index contributed by atoms with van der Waals surface area (Å²) in [5, 5.41) is 12.3. The van der Waals surface area contributed by atoms with Crippen molar-refractivity contribution >= 4 is 29.5 Å². The van der Waals surface area contributed by atoms with Crippen molar-refractivity contribution < 1.29 is 9.90 Å². The van der Waals surface area contributed by atoms with Gasteiger partial charge in [0, 0.05) is 18.0 Å². The van der Waals surface area contributed by atoms with Gasteiger partial charge in [0.05, 0.1) is 10.6 Å². The van der Waals surface area contributed by atoms with Crippen molar-refractivity contribution in [1.29, 1.82) is 0 Å². The maximum absolute atomic E-state index is 11.1. The van der Waals surface area contributed by atoms with Gasteiger partial charge in [-0.1, -0.05) is 64.1 Å². The van der Waals surface area contributed by atoms with Crippen molar-refractivity contribution in [2.75, 3.05) is 0 Å². The van der Waals surface area contributed by atoms with Crippen molar-refractivity contribution in [3.8, 4) is 0 Å². The second-order valence-electron chi connectivity index (χ2n) is 10.1. The van der Waals surface area contributed by atoms with E-state index in [-0.39, 0.29) is 10.8 Å². The number of benzene rings is 2. The summed E-state index contributed by atoms with van der Waals surface area (Å²) in [7, 11) is 0. The lowest BCUT2D eigenvalue weighted by Crippen LogP contribution is -2.34. The molecule has 0 spiro atoms. The maximum Gasteiger partial charge on any atom is 0.335 e. The summed E-state index contributed by atoms with van der Waals surface area (Å²) in [6.07, 6.45) is 10.4. The third kappa shape index (κ3) is 4.71. The number of aryl methyl sites for hydroxylation is 2. The molecule has 1 aliphatic carbocycles. The number of rotatable bonds is 6. The summed E-state index contributed by atoms with van der Waals surface area (Å²) in [6.45, 7) is 9.44. The Bertz CT molecular complexity index is 1140. The van der Waals surface area contributed by atoms with Gasteiger partial charge >= 0.3 is 5.97 Å². The molecule has 3 aromatic rings. The van der Waals surface area contributed by atoms with E-state index in [1.54, 1.807) is 23.5 Å². The summed E-state index contributed by atoms with van der Waals surface area (Å²) in [4.78, 5) is 15.6. The van der Waals surface area contributed by atoms with Crippen LogP contribution in [0.2, 0.25) is 0 Å². The first kappa shape index (κ1) is 22.5. The molecule has 0 saturated carbocycles. The molecule has 3 nitrogen and oxygen atoms in total. The molecule has 4 heteroatoms. The van der Waals surface area contributed by atoms with Gasteiger partial charge in [0.25, 0.3) is 0 Å². The second kappa shape index (κ2) is 8.67. The number of aromatic nitrogens is 1. The largest absolute Gasteiger partial charge is 0.478 e. The highest BCUT2D eigenvalue weighted by Gasteiger charge is 2.37. The van der Waals surface area contributed by atoms with E-state index in [2.05, 4.69) is 57.0 Å². The van der Waals surface area contributed by atoms with Gasteiger partial charge in [0.2, 0.25) is 0 Å². The molecule has 4 rings (SSSR count). The minimum atomic E-state index is -0.899. The van der Waals surface area contributed by atoms with Gasteiger partial charge in [0.1, 0.15) is 0 Å². The highest BCUT2D eigenvalue weighted by molar-refractivity contribution is 7.09. The Morgan fingerprint density at radius 1 is 1.00 bits per heavy atom. The number of nitrogens with zero attached hydrogens (tertiary/aromatic N) is 1. The zero-order valence-electron chi connectivity index (χ0n) is 19.3. The van der Waals surface area contributed by atoms with Gasteiger partial charge in [-0.25, -0.2) is 9.78 Å². The minimum Gasteiger partial charge on any atom is -0.478 e. The van der Waals surface area contributed by atoms with Crippen LogP contribution in [0, 0.1) is 0 Å². The van der Waals surface area contributed by atoms with E-state index in [1.165, 1.54) is 40.1 Å². The molecule has 0 bridgehead atoms. The second-order valence-corrected chi connectivity index (χ2v) is 11.0. The number of aromatic carboxylic acids is 1. The number of hydrogen-bond acceptors (Lipinski definition) is 3. The van der Waals surface area contributed by atoms with Crippen LogP contribution in [0.15, 0.2) is 48.0 Å². The molecular weight excluding hydrogens is 414 g/mol. The molecular formula is C28H31NO2S. The van der Waals surface area contributed by atoms with Crippen LogP contribution in [0.3, 0.4) is 0 Å². The van der Waals surface area contributed by atoms with Crippen LogP contribution >= 0.6 is 11.3 Å². The van der Waals surface area contributed by atoms with Crippen molar-refractivity contribution in [2.24, 2.45) is 0 Å². The third-order valence-corrected chi connectivity index (χ3v) is 7.66. The predicted octanol–water partition coefficient (Wildman–Crippen LogP) is 7.15. The molecule has 1 heterocycles. The van der Waals surface area contributed by atoms with Crippen LogP contribution < -0.4 is 0 Å². The molecule has 0 atom stereocenters. The first-order valence-electron chi connectivity index (χ1n) is 11.2. The molecule has 0 radical (unpaired) electrons. The first-order valence-corrected chi connectivity index (χ1v) is 12.1.